The first-order chi connectivity index (χ1) is 15.6. The Morgan fingerprint density at radius 3 is 2.55 bits per heavy atom. The molecule has 8 heteroatoms. The maximum absolute atomic E-state index is 13.3. The number of benzene rings is 1. The lowest BCUT2D eigenvalue weighted by molar-refractivity contribution is -0.138. The lowest BCUT2D eigenvalue weighted by atomic mass is 10.0. The molecule has 0 saturated carbocycles. The monoisotopic (exact) mass is 473 g/mol. The van der Waals surface area contributed by atoms with E-state index in [1.165, 1.54) is 0 Å². The Morgan fingerprint density at radius 1 is 1.30 bits per heavy atom. The highest BCUT2D eigenvalue weighted by Crippen LogP contribution is 2.23. The molecule has 0 bridgehead atoms. The highest BCUT2D eigenvalue weighted by molar-refractivity contribution is 7.80. The van der Waals surface area contributed by atoms with Gasteiger partial charge in [-0.15, -0.1) is 0 Å². The van der Waals surface area contributed by atoms with Crippen LogP contribution in [0.5, 0.6) is 0 Å². The van der Waals surface area contributed by atoms with E-state index in [1.54, 1.807) is 45.0 Å². The summed E-state index contributed by atoms with van der Waals surface area (Å²) in [6, 6.07) is 7.21. The minimum atomic E-state index is -1.09. The van der Waals surface area contributed by atoms with Crippen LogP contribution in [0.25, 0.3) is 6.08 Å². The molecule has 7 nitrogen and oxygen atoms in total. The van der Waals surface area contributed by atoms with Crippen LogP contribution < -0.4 is 10.6 Å². The van der Waals surface area contributed by atoms with Crippen LogP contribution in [0.1, 0.15) is 64.1 Å². The molecule has 0 saturated heterocycles. The Bertz CT molecular complexity index is 873. The number of rotatable bonds is 11. The van der Waals surface area contributed by atoms with E-state index in [0.29, 0.717) is 12.1 Å². The first kappa shape index (κ1) is 28.1. The summed E-state index contributed by atoms with van der Waals surface area (Å²) in [6.07, 6.45) is 9.36. The number of terminal acetylenes is 1. The normalized spacial score (nSPS) is 12.6. The van der Waals surface area contributed by atoms with Gasteiger partial charge in [0.25, 0.3) is 5.91 Å². The number of nitrogens with one attached hydrogen (secondary N) is 2. The van der Waals surface area contributed by atoms with Crippen molar-refractivity contribution in [3.05, 3.63) is 42.0 Å². The van der Waals surface area contributed by atoms with Gasteiger partial charge in [0.1, 0.15) is 17.7 Å². The topological polar surface area (TPSA) is 87.7 Å². The van der Waals surface area contributed by atoms with Crippen molar-refractivity contribution in [3.63, 3.8) is 0 Å². The quantitative estimate of drug-likeness (QED) is 0.197. The average molecular weight is 474 g/mol. The van der Waals surface area contributed by atoms with Crippen LogP contribution in [0.2, 0.25) is 0 Å². The second-order valence-corrected chi connectivity index (χ2v) is 8.86. The van der Waals surface area contributed by atoms with E-state index in [-0.39, 0.29) is 5.75 Å². The zero-order valence-electron chi connectivity index (χ0n) is 19.9. The van der Waals surface area contributed by atoms with Crippen LogP contribution in [0.4, 0.5) is 4.79 Å². The molecule has 0 heterocycles. The summed E-state index contributed by atoms with van der Waals surface area (Å²) in [4.78, 5) is 39.7. The summed E-state index contributed by atoms with van der Waals surface area (Å²) in [6.45, 7) is 11.4. The van der Waals surface area contributed by atoms with Crippen LogP contribution in [0.3, 0.4) is 0 Å². The maximum Gasteiger partial charge on any atom is 0.408 e. The molecular formula is C25H35N3O4S. The SMILES string of the molecule is C#CN(C(=O)C(CS)NC(=O)OC(C)(C)C)C(C(=O)NCCCCC)c1cccc(C=C)c1. The summed E-state index contributed by atoms with van der Waals surface area (Å²) in [5.41, 5.74) is 0.562. The van der Waals surface area contributed by atoms with Crippen LogP contribution in [0.15, 0.2) is 30.8 Å². The number of hydrogen-bond donors (Lipinski definition) is 3. The molecule has 2 N–H and O–H groups in total. The molecule has 1 rings (SSSR count). The van der Waals surface area contributed by atoms with Crippen molar-refractivity contribution in [3.8, 4) is 12.5 Å². The van der Waals surface area contributed by atoms with E-state index < -0.39 is 35.6 Å². The van der Waals surface area contributed by atoms with Crippen molar-refractivity contribution >= 4 is 36.6 Å². The molecule has 33 heavy (non-hydrogen) atoms. The van der Waals surface area contributed by atoms with Gasteiger partial charge in [-0.2, -0.15) is 12.6 Å². The van der Waals surface area contributed by atoms with Gasteiger partial charge in [-0.1, -0.05) is 57.0 Å². The van der Waals surface area contributed by atoms with Gasteiger partial charge in [0.05, 0.1) is 0 Å². The van der Waals surface area contributed by atoms with Gasteiger partial charge >= 0.3 is 6.09 Å². The molecule has 0 aliphatic heterocycles. The average Bonchev–Trinajstić information content (AvgIpc) is 2.76. The summed E-state index contributed by atoms with van der Waals surface area (Å²) >= 11 is 4.19. The van der Waals surface area contributed by atoms with Gasteiger partial charge in [0.2, 0.25) is 5.91 Å². The highest BCUT2D eigenvalue weighted by atomic mass is 32.1. The fourth-order valence-corrected chi connectivity index (χ4v) is 3.27. The lowest BCUT2D eigenvalue weighted by Crippen LogP contribution is -2.52. The second kappa shape index (κ2) is 13.6. The lowest BCUT2D eigenvalue weighted by Gasteiger charge is -2.30. The number of hydrogen-bond acceptors (Lipinski definition) is 5. The molecule has 0 aliphatic rings. The number of carbonyl (C=O) groups is 3. The number of alkyl carbamates (subject to hydrolysis) is 1. The van der Waals surface area contributed by atoms with E-state index >= 15 is 0 Å². The Hall–Kier alpha value is -2.92. The molecule has 3 amide bonds. The third-order valence-corrected chi connectivity index (χ3v) is 4.96. The number of nitrogens with zero attached hydrogens (tertiary/aromatic N) is 1. The Labute approximate surface area is 202 Å². The molecule has 180 valence electrons. The summed E-state index contributed by atoms with van der Waals surface area (Å²) < 4.78 is 5.24. The molecule has 1 aromatic rings. The predicted molar refractivity (Wildman–Crippen MR) is 134 cm³/mol. The number of amides is 3. The highest BCUT2D eigenvalue weighted by Gasteiger charge is 2.35. The Morgan fingerprint density at radius 2 is 2.00 bits per heavy atom. The Balaban J connectivity index is 3.24. The largest absolute Gasteiger partial charge is 0.444 e. The summed E-state index contributed by atoms with van der Waals surface area (Å²) in [7, 11) is 0. The Kier molecular flexibility index (Phi) is 11.6. The van der Waals surface area contributed by atoms with Crippen LogP contribution in [-0.4, -0.2) is 46.7 Å². The summed E-state index contributed by atoms with van der Waals surface area (Å²) in [5.74, 6) is -1.08. The third kappa shape index (κ3) is 9.22. The van der Waals surface area contributed by atoms with Crippen LogP contribution in [0, 0.1) is 12.5 Å². The van der Waals surface area contributed by atoms with Gasteiger partial charge in [-0.3, -0.25) is 14.5 Å². The van der Waals surface area contributed by atoms with Gasteiger partial charge in [0.15, 0.2) is 0 Å². The maximum atomic E-state index is 13.3. The smallest absolute Gasteiger partial charge is 0.408 e. The number of ether oxygens (including phenoxy) is 1. The number of carbonyl (C=O) groups excluding carboxylic acids is 3. The zero-order valence-corrected chi connectivity index (χ0v) is 20.8. The molecule has 1 aromatic carbocycles. The minimum absolute atomic E-state index is 0.0339. The molecule has 0 fully saturated rings. The molecule has 0 aromatic heterocycles. The van der Waals surface area contributed by atoms with Crippen LogP contribution in [-0.2, 0) is 14.3 Å². The molecule has 2 unspecified atom stereocenters. The van der Waals surface area contributed by atoms with E-state index in [4.69, 9.17) is 11.2 Å². The van der Waals surface area contributed by atoms with Gasteiger partial charge < -0.3 is 15.4 Å². The van der Waals surface area contributed by atoms with Crippen LogP contribution >= 0.6 is 12.6 Å². The molecule has 0 aliphatic carbocycles. The first-order valence-electron chi connectivity index (χ1n) is 11.0. The number of unbranched alkanes of at least 4 members (excludes halogenated alkanes) is 2. The first-order valence-corrected chi connectivity index (χ1v) is 11.6. The third-order valence-electron chi connectivity index (χ3n) is 4.60. The molecule has 0 spiro atoms. The minimum Gasteiger partial charge on any atom is -0.444 e. The number of thiol groups is 1. The molecule has 2 atom stereocenters. The predicted octanol–water partition coefficient (Wildman–Crippen LogP) is 3.92. The van der Waals surface area contributed by atoms with Crippen molar-refractivity contribution in [2.45, 2.75) is 64.6 Å². The van der Waals surface area contributed by atoms with Gasteiger partial charge in [-0.25, -0.2) is 4.79 Å². The van der Waals surface area contributed by atoms with Crippen molar-refractivity contribution in [2.75, 3.05) is 12.3 Å². The van der Waals surface area contributed by atoms with Crippen molar-refractivity contribution in [2.24, 2.45) is 0 Å². The van der Waals surface area contributed by atoms with Crippen molar-refractivity contribution in [1.29, 1.82) is 0 Å². The zero-order chi connectivity index (χ0) is 25.0. The van der Waals surface area contributed by atoms with Gasteiger partial charge in [0, 0.05) is 18.3 Å². The molecule has 0 radical (unpaired) electrons. The van der Waals surface area contributed by atoms with E-state index in [1.807, 2.05) is 6.07 Å². The fourth-order valence-electron chi connectivity index (χ4n) is 3.03. The van der Waals surface area contributed by atoms with E-state index in [2.05, 4.69) is 42.8 Å². The molecular weight excluding hydrogens is 438 g/mol. The second-order valence-electron chi connectivity index (χ2n) is 8.49. The van der Waals surface area contributed by atoms with Crippen molar-refractivity contribution < 1.29 is 19.1 Å². The van der Waals surface area contributed by atoms with E-state index in [0.717, 1.165) is 29.7 Å². The fraction of sp³-hybridized carbons (Fsp3) is 0.480. The van der Waals surface area contributed by atoms with Gasteiger partial charge in [-0.05, 0) is 44.4 Å². The summed E-state index contributed by atoms with van der Waals surface area (Å²) in [5, 5.41) is 5.36. The standard InChI is InChI=1S/C25H35N3O4S/c1-7-10-11-15-26-22(29)21(19-14-12-13-18(8-2)16-19)28(9-3)23(30)20(17-33)27-24(31)32-25(4,5)6/h3,8,12-14,16,20-21,33H,2,7,10-11,15,17H2,1,4-6H3,(H,26,29)(H,27,31). The van der Waals surface area contributed by atoms with E-state index in [9.17, 15) is 14.4 Å². The van der Waals surface area contributed by atoms with Crippen molar-refractivity contribution in [1.82, 2.24) is 15.5 Å².